The summed E-state index contributed by atoms with van der Waals surface area (Å²) in [7, 11) is 0. The van der Waals surface area contributed by atoms with Crippen LogP contribution in [-0.4, -0.2) is 36.2 Å². The molecule has 0 aliphatic carbocycles. The number of nitrogens with one attached hydrogen (secondary N) is 2. The Kier molecular flexibility index (Phi) is 8.71. The number of benzene rings is 3. The molecule has 0 aromatic heterocycles. The predicted molar refractivity (Wildman–Crippen MR) is 136 cm³/mol. The van der Waals surface area contributed by atoms with Crippen molar-refractivity contribution in [2.24, 2.45) is 5.10 Å². The quantitative estimate of drug-likeness (QED) is 0.246. The summed E-state index contributed by atoms with van der Waals surface area (Å²) in [6.07, 6.45) is 1.42. The van der Waals surface area contributed by atoms with Crippen LogP contribution in [0.15, 0.2) is 65.8 Å². The Labute approximate surface area is 208 Å². The number of hydrazone groups is 1. The molecule has 36 heavy (non-hydrogen) atoms. The van der Waals surface area contributed by atoms with E-state index in [9.17, 15) is 19.7 Å². The molecular formula is C26H26N4O6. The highest BCUT2D eigenvalue weighted by Crippen LogP contribution is 2.28. The number of ether oxygens (including phenoxy) is 2. The normalized spacial score (nSPS) is 10.6. The maximum Gasteiger partial charge on any atom is 0.271 e. The summed E-state index contributed by atoms with van der Waals surface area (Å²) in [6.45, 7) is 5.90. The van der Waals surface area contributed by atoms with Gasteiger partial charge in [0.2, 0.25) is 0 Å². The topological polar surface area (TPSA) is 132 Å². The van der Waals surface area contributed by atoms with Crippen LogP contribution < -0.4 is 20.2 Å². The van der Waals surface area contributed by atoms with E-state index < -0.39 is 10.8 Å². The molecule has 10 heteroatoms. The lowest BCUT2D eigenvalue weighted by molar-refractivity contribution is -0.384. The summed E-state index contributed by atoms with van der Waals surface area (Å²) in [4.78, 5) is 34.7. The zero-order valence-electron chi connectivity index (χ0n) is 20.1. The number of aryl methyl sites for hydroxylation is 2. The van der Waals surface area contributed by atoms with Gasteiger partial charge in [-0.05, 0) is 68.3 Å². The van der Waals surface area contributed by atoms with Crippen molar-refractivity contribution in [1.29, 1.82) is 0 Å². The van der Waals surface area contributed by atoms with Gasteiger partial charge >= 0.3 is 0 Å². The van der Waals surface area contributed by atoms with Crippen molar-refractivity contribution in [2.75, 3.05) is 18.5 Å². The number of rotatable bonds is 10. The molecule has 0 heterocycles. The molecule has 0 radical (unpaired) electrons. The molecule has 0 atom stereocenters. The molecule has 3 aromatic rings. The van der Waals surface area contributed by atoms with Gasteiger partial charge in [-0.3, -0.25) is 19.7 Å². The van der Waals surface area contributed by atoms with Gasteiger partial charge in [0.15, 0.2) is 18.1 Å². The summed E-state index contributed by atoms with van der Waals surface area (Å²) >= 11 is 0. The number of nitro groups is 1. The number of hydrogen-bond acceptors (Lipinski definition) is 7. The molecule has 0 saturated carbocycles. The molecule has 0 aliphatic rings. The van der Waals surface area contributed by atoms with Crippen LogP contribution in [0.4, 0.5) is 11.4 Å². The fraction of sp³-hybridized carbons (Fsp3) is 0.192. The van der Waals surface area contributed by atoms with E-state index in [-0.39, 0.29) is 23.8 Å². The zero-order valence-corrected chi connectivity index (χ0v) is 20.1. The number of nitrogens with zero attached hydrogens (tertiary/aromatic N) is 2. The van der Waals surface area contributed by atoms with Crippen LogP contribution in [0.5, 0.6) is 11.5 Å². The van der Waals surface area contributed by atoms with Gasteiger partial charge in [-0.1, -0.05) is 17.7 Å². The lowest BCUT2D eigenvalue weighted by Crippen LogP contribution is -2.21. The Hall–Kier alpha value is -4.73. The molecule has 0 unspecified atom stereocenters. The Morgan fingerprint density at radius 3 is 2.42 bits per heavy atom. The summed E-state index contributed by atoms with van der Waals surface area (Å²) in [6, 6.07) is 15.9. The average molecular weight is 491 g/mol. The SMILES string of the molecule is CCOc1cc(/C=N/NC(=O)c2ccc([N+](=O)[O-])cc2)ccc1OCC(=O)Nc1ccc(C)cc1C. The first-order valence-corrected chi connectivity index (χ1v) is 11.1. The maximum atomic E-state index is 12.4. The molecular weight excluding hydrogens is 464 g/mol. The van der Waals surface area contributed by atoms with Gasteiger partial charge in [0.1, 0.15) is 0 Å². The van der Waals surface area contributed by atoms with Crippen molar-refractivity contribution < 1.29 is 24.0 Å². The number of carbonyl (C=O) groups is 2. The molecule has 2 N–H and O–H groups in total. The van der Waals surface area contributed by atoms with E-state index in [1.807, 2.05) is 39.0 Å². The van der Waals surface area contributed by atoms with Gasteiger partial charge in [-0.25, -0.2) is 5.43 Å². The van der Waals surface area contributed by atoms with Crippen LogP contribution in [0.25, 0.3) is 0 Å². The second-order valence-corrected chi connectivity index (χ2v) is 7.80. The third-order valence-corrected chi connectivity index (χ3v) is 5.00. The molecule has 0 aliphatic heterocycles. The van der Waals surface area contributed by atoms with Gasteiger partial charge in [-0.2, -0.15) is 5.10 Å². The summed E-state index contributed by atoms with van der Waals surface area (Å²) < 4.78 is 11.3. The molecule has 0 fully saturated rings. The second-order valence-electron chi connectivity index (χ2n) is 7.80. The first kappa shape index (κ1) is 25.9. The zero-order chi connectivity index (χ0) is 26.1. The Balaban J connectivity index is 1.60. The summed E-state index contributed by atoms with van der Waals surface area (Å²) in [5, 5.41) is 17.5. The minimum Gasteiger partial charge on any atom is -0.490 e. The first-order chi connectivity index (χ1) is 17.3. The number of hydrogen-bond donors (Lipinski definition) is 2. The molecule has 3 rings (SSSR count). The van der Waals surface area contributed by atoms with Crippen molar-refractivity contribution in [2.45, 2.75) is 20.8 Å². The smallest absolute Gasteiger partial charge is 0.271 e. The van der Waals surface area contributed by atoms with Crippen molar-refractivity contribution in [3.8, 4) is 11.5 Å². The van der Waals surface area contributed by atoms with Crippen LogP contribution in [0.1, 0.15) is 34.0 Å². The first-order valence-electron chi connectivity index (χ1n) is 11.1. The lowest BCUT2D eigenvalue weighted by atomic mass is 10.1. The Morgan fingerprint density at radius 2 is 1.75 bits per heavy atom. The van der Waals surface area contributed by atoms with Crippen LogP contribution in [-0.2, 0) is 4.79 Å². The van der Waals surface area contributed by atoms with E-state index in [0.29, 0.717) is 23.7 Å². The fourth-order valence-electron chi connectivity index (χ4n) is 3.24. The van der Waals surface area contributed by atoms with Crippen LogP contribution in [0.3, 0.4) is 0 Å². The Morgan fingerprint density at radius 1 is 1.00 bits per heavy atom. The highest BCUT2D eigenvalue weighted by atomic mass is 16.6. The van der Waals surface area contributed by atoms with Gasteiger partial charge in [0.05, 0.1) is 17.7 Å². The second kappa shape index (κ2) is 12.1. The number of amides is 2. The third-order valence-electron chi connectivity index (χ3n) is 5.00. The fourth-order valence-corrected chi connectivity index (χ4v) is 3.24. The van der Waals surface area contributed by atoms with Gasteiger partial charge in [0.25, 0.3) is 17.5 Å². The molecule has 0 saturated heterocycles. The van der Waals surface area contributed by atoms with Crippen molar-refractivity contribution >= 4 is 29.4 Å². The van der Waals surface area contributed by atoms with Crippen molar-refractivity contribution in [3.63, 3.8) is 0 Å². The maximum absolute atomic E-state index is 12.4. The van der Waals surface area contributed by atoms with E-state index >= 15 is 0 Å². The highest BCUT2D eigenvalue weighted by molar-refractivity contribution is 5.95. The van der Waals surface area contributed by atoms with E-state index in [1.165, 1.54) is 30.5 Å². The molecule has 2 amide bonds. The Bertz CT molecular complexity index is 1290. The van der Waals surface area contributed by atoms with Crippen LogP contribution in [0.2, 0.25) is 0 Å². The van der Waals surface area contributed by atoms with E-state index in [1.54, 1.807) is 18.2 Å². The van der Waals surface area contributed by atoms with Crippen LogP contribution >= 0.6 is 0 Å². The summed E-state index contributed by atoms with van der Waals surface area (Å²) in [5.74, 6) is -0.00730. The minimum absolute atomic E-state index is 0.108. The molecule has 0 bridgehead atoms. The standard InChI is InChI=1S/C26H26N4O6/c1-4-35-24-14-19(15-27-29-26(32)20-7-9-21(10-8-20)30(33)34)6-12-23(24)36-16-25(31)28-22-11-5-17(2)13-18(22)3/h5-15H,4,16H2,1-3H3,(H,28,31)(H,29,32)/b27-15+. The third kappa shape index (κ3) is 7.13. The molecule has 10 nitrogen and oxygen atoms in total. The summed E-state index contributed by atoms with van der Waals surface area (Å²) in [5.41, 5.74) is 5.91. The van der Waals surface area contributed by atoms with Crippen molar-refractivity contribution in [3.05, 3.63) is 93.0 Å². The largest absolute Gasteiger partial charge is 0.490 e. The van der Waals surface area contributed by atoms with Gasteiger partial charge in [0, 0.05) is 23.4 Å². The minimum atomic E-state index is -0.541. The number of non-ortho nitro benzene ring substituents is 1. The average Bonchev–Trinajstić information content (AvgIpc) is 2.85. The number of nitro benzene ring substituents is 1. The van der Waals surface area contributed by atoms with E-state index in [4.69, 9.17) is 9.47 Å². The van der Waals surface area contributed by atoms with E-state index in [0.717, 1.165) is 16.8 Å². The predicted octanol–water partition coefficient (Wildman–Crippen LogP) is 4.39. The molecule has 186 valence electrons. The number of anilines is 1. The molecule has 0 spiro atoms. The van der Waals surface area contributed by atoms with Gasteiger partial charge in [-0.15, -0.1) is 0 Å². The highest BCUT2D eigenvalue weighted by Gasteiger charge is 2.11. The van der Waals surface area contributed by atoms with Crippen molar-refractivity contribution in [1.82, 2.24) is 5.43 Å². The lowest BCUT2D eigenvalue weighted by Gasteiger charge is -2.13. The number of carbonyl (C=O) groups excluding carboxylic acids is 2. The van der Waals surface area contributed by atoms with E-state index in [2.05, 4.69) is 15.8 Å². The monoisotopic (exact) mass is 490 g/mol. The van der Waals surface area contributed by atoms with Crippen LogP contribution in [0, 0.1) is 24.0 Å². The van der Waals surface area contributed by atoms with Gasteiger partial charge < -0.3 is 14.8 Å². The molecule has 3 aromatic carbocycles.